The number of aromatic nitrogens is 1. The van der Waals surface area contributed by atoms with Crippen LogP contribution in [0.15, 0.2) is 24.9 Å². The fourth-order valence-corrected chi connectivity index (χ4v) is 0.919. The third-order valence-corrected chi connectivity index (χ3v) is 1.67. The molecule has 0 aromatic carbocycles. The van der Waals surface area contributed by atoms with Gasteiger partial charge >= 0.3 is 0 Å². The van der Waals surface area contributed by atoms with Crippen molar-refractivity contribution in [1.82, 2.24) is 4.98 Å². The summed E-state index contributed by atoms with van der Waals surface area (Å²) in [7, 11) is 1.61. The molecule has 0 bridgehead atoms. The monoisotopic (exact) mass is 210 g/mol. The number of carbonyl (C=O) groups is 1. The number of nitrogens with one attached hydrogen (secondary N) is 1. The Hall–Kier alpha value is -1.91. The first-order valence-electron chi connectivity index (χ1n) is 4.28. The van der Waals surface area contributed by atoms with Crippen LogP contribution < -0.4 is 10.1 Å². The molecule has 80 valence electrons. The van der Waals surface area contributed by atoms with Crippen LogP contribution in [0.5, 0.6) is 5.88 Å². The van der Waals surface area contributed by atoms with E-state index in [1.807, 2.05) is 0 Å². The van der Waals surface area contributed by atoms with Crippen molar-refractivity contribution >= 4 is 11.5 Å². The van der Waals surface area contributed by atoms with Crippen LogP contribution in [-0.4, -0.2) is 24.4 Å². The van der Waals surface area contributed by atoms with E-state index in [1.54, 1.807) is 7.05 Å². The maximum atomic E-state index is 12.8. The van der Waals surface area contributed by atoms with Gasteiger partial charge in [0, 0.05) is 13.1 Å². The number of halogens is 1. The molecule has 0 amide bonds. The van der Waals surface area contributed by atoms with Crippen LogP contribution in [0.1, 0.15) is 0 Å². The van der Waals surface area contributed by atoms with Crippen molar-refractivity contribution in [3.8, 4) is 5.88 Å². The molecule has 0 spiro atoms. The SMILES string of the molecule is C=CC(=O)COc1ncc(F)cc1NC. The number of ketones is 1. The van der Waals surface area contributed by atoms with E-state index in [0.29, 0.717) is 5.69 Å². The lowest BCUT2D eigenvalue weighted by atomic mass is 10.4. The molecular formula is C10H11FN2O2. The number of hydrogen-bond donors (Lipinski definition) is 1. The number of pyridine rings is 1. The first-order chi connectivity index (χ1) is 7.17. The molecule has 0 atom stereocenters. The Morgan fingerprint density at radius 2 is 2.53 bits per heavy atom. The van der Waals surface area contributed by atoms with Crippen molar-refractivity contribution in [2.24, 2.45) is 0 Å². The Morgan fingerprint density at radius 1 is 1.80 bits per heavy atom. The van der Waals surface area contributed by atoms with Crippen molar-refractivity contribution in [2.75, 3.05) is 19.0 Å². The van der Waals surface area contributed by atoms with Crippen molar-refractivity contribution in [1.29, 1.82) is 0 Å². The van der Waals surface area contributed by atoms with Gasteiger partial charge in [0.05, 0.1) is 11.9 Å². The minimum Gasteiger partial charge on any atom is -0.468 e. The van der Waals surface area contributed by atoms with Crippen LogP contribution in [0.3, 0.4) is 0 Å². The number of anilines is 1. The molecule has 0 radical (unpaired) electrons. The lowest BCUT2D eigenvalue weighted by Crippen LogP contribution is -2.10. The molecule has 0 aliphatic carbocycles. The average molecular weight is 210 g/mol. The Bertz CT molecular complexity index is 380. The zero-order chi connectivity index (χ0) is 11.3. The van der Waals surface area contributed by atoms with Gasteiger partial charge < -0.3 is 10.1 Å². The van der Waals surface area contributed by atoms with Crippen molar-refractivity contribution in [3.63, 3.8) is 0 Å². The molecule has 0 fully saturated rings. The Labute approximate surface area is 86.8 Å². The highest BCUT2D eigenvalue weighted by atomic mass is 19.1. The molecule has 5 heteroatoms. The first-order valence-corrected chi connectivity index (χ1v) is 4.28. The van der Waals surface area contributed by atoms with Crippen LogP contribution in [0, 0.1) is 5.82 Å². The predicted octanol–water partition coefficient (Wildman–Crippen LogP) is 1.40. The number of rotatable bonds is 5. The highest BCUT2D eigenvalue weighted by Gasteiger charge is 2.06. The van der Waals surface area contributed by atoms with Crippen LogP contribution in [0.4, 0.5) is 10.1 Å². The normalized spacial score (nSPS) is 9.47. The molecule has 0 unspecified atom stereocenters. The van der Waals surface area contributed by atoms with Gasteiger partial charge in [-0.2, -0.15) is 0 Å². The molecule has 1 rings (SSSR count). The molecule has 0 aliphatic heterocycles. The zero-order valence-electron chi connectivity index (χ0n) is 8.29. The van der Waals surface area contributed by atoms with E-state index < -0.39 is 5.82 Å². The van der Waals surface area contributed by atoms with E-state index in [4.69, 9.17) is 4.74 Å². The summed E-state index contributed by atoms with van der Waals surface area (Å²) in [6.45, 7) is 3.15. The molecule has 0 saturated heterocycles. The van der Waals surface area contributed by atoms with E-state index in [2.05, 4.69) is 16.9 Å². The molecule has 1 N–H and O–H groups in total. The van der Waals surface area contributed by atoms with Crippen molar-refractivity contribution in [3.05, 3.63) is 30.7 Å². The van der Waals surface area contributed by atoms with Gasteiger partial charge in [-0.25, -0.2) is 9.37 Å². The van der Waals surface area contributed by atoms with Crippen LogP contribution in [-0.2, 0) is 4.79 Å². The van der Waals surface area contributed by atoms with E-state index >= 15 is 0 Å². The summed E-state index contributed by atoms with van der Waals surface area (Å²) in [4.78, 5) is 14.6. The maximum absolute atomic E-state index is 12.8. The summed E-state index contributed by atoms with van der Waals surface area (Å²) in [6, 6.07) is 1.24. The van der Waals surface area contributed by atoms with Crippen molar-refractivity contribution in [2.45, 2.75) is 0 Å². The van der Waals surface area contributed by atoms with Gasteiger partial charge in [0.1, 0.15) is 5.82 Å². The summed E-state index contributed by atoms with van der Waals surface area (Å²) >= 11 is 0. The third-order valence-electron chi connectivity index (χ3n) is 1.67. The summed E-state index contributed by atoms with van der Waals surface area (Å²) in [6.07, 6.45) is 2.18. The van der Waals surface area contributed by atoms with Gasteiger partial charge in [0.25, 0.3) is 0 Å². The van der Waals surface area contributed by atoms with E-state index in [9.17, 15) is 9.18 Å². The minimum atomic E-state index is -0.471. The number of carbonyl (C=O) groups excluding carboxylic acids is 1. The van der Waals surface area contributed by atoms with Gasteiger partial charge in [0.2, 0.25) is 5.88 Å². The highest BCUT2D eigenvalue weighted by Crippen LogP contribution is 2.21. The average Bonchev–Trinajstić information content (AvgIpc) is 2.26. The maximum Gasteiger partial charge on any atom is 0.237 e. The molecule has 1 aromatic rings. The second-order valence-electron chi connectivity index (χ2n) is 2.72. The predicted molar refractivity (Wildman–Crippen MR) is 54.4 cm³/mol. The van der Waals surface area contributed by atoms with E-state index in [0.717, 1.165) is 12.3 Å². The summed E-state index contributed by atoms with van der Waals surface area (Å²) in [5, 5.41) is 2.71. The van der Waals surface area contributed by atoms with E-state index in [-0.39, 0.29) is 18.3 Å². The topological polar surface area (TPSA) is 51.2 Å². The van der Waals surface area contributed by atoms with Gasteiger partial charge in [-0.15, -0.1) is 0 Å². The second-order valence-corrected chi connectivity index (χ2v) is 2.72. The molecule has 0 aliphatic rings. The standard InChI is InChI=1S/C10H11FN2O2/c1-3-8(14)6-15-10-9(12-2)4-7(11)5-13-10/h3-5,12H,1,6H2,2H3. The lowest BCUT2D eigenvalue weighted by molar-refractivity contribution is -0.116. The number of hydrogen-bond acceptors (Lipinski definition) is 4. The second kappa shape index (κ2) is 5.09. The zero-order valence-corrected chi connectivity index (χ0v) is 8.29. The quantitative estimate of drug-likeness (QED) is 0.746. The Balaban J connectivity index is 2.76. The largest absolute Gasteiger partial charge is 0.468 e. The summed E-state index contributed by atoms with van der Waals surface area (Å²) in [5.41, 5.74) is 0.395. The molecule has 1 heterocycles. The molecule has 1 aromatic heterocycles. The van der Waals surface area contributed by atoms with Gasteiger partial charge in [-0.1, -0.05) is 6.58 Å². The highest BCUT2D eigenvalue weighted by molar-refractivity contribution is 5.90. The fraction of sp³-hybridized carbons (Fsp3) is 0.200. The Kier molecular flexibility index (Phi) is 3.79. The van der Waals surface area contributed by atoms with Crippen LogP contribution in [0.2, 0.25) is 0 Å². The molecular weight excluding hydrogens is 199 g/mol. The lowest BCUT2D eigenvalue weighted by Gasteiger charge is -2.08. The fourth-order valence-electron chi connectivity index (χ4n) is 0.919. The summed E-state index contributed by atoms with van der Waals surface area (Å²) in [5.74, 6) is -0.543. The van der Waals surface area contributed by atoms with Gasteiger partial charge in [-0.3, -0.25) is 4.79 Å². The minimum absolute atomic E-state index is 0.156. The first kappa shape index (κ1) is 11.2. The molecule has 4 nitrogen and oxygen atoms in total. The van der Waals surface area contributed by atoms with Crippen molar-refractivity contribution < 1.29 is 13.9 Å². The third kappa shape index (κ3) is 3.05. The molecule has 15 heavy (non-hydrogen) atoms. The van der Waals surface area contributed by atoms with Crippen LogP contribution >= 0.6 is 0 Å². The molecule has 0 saturated carbocycles. The van der Waals surface area contributed by atoms with Crippen LogP contribution in [0.25, 0.3) is 0 Å². The summed E-state index contributed by atoms with van der Waals surface area (Å²) < 4.78 is 17.8. The smallest absolute Gasteiger partial charge is 0.237 e. The van der Waals surface area contributed by atoms with Gasteiger partial charge in [0.15, 0.2) is 12.4 Å². The number of ether oxygens (including phenoxy) is 1. The van der Waals surface area contributed by atoms with E-state index in [1.165, 1.54) is 6.07 Å². The Morgan fingerprint density at radius 3 is 3.13 bits per heavy atom. The van der Waals surface area contributed by atoms with Gasteiger partial charge in [-0.05, 0) is 6.08 Å². The number of nitrogens with zero attached hydrogens (tertiary/aromatic N) is 1.